The molecule has 3 rings (SSSR count). The van der Waals surface area contributed by atoms with Gasteiger partial charge in [0, 0.05) is 37.6 Å². The first-order valence-electron chi connectivity index (χ1n) is 15.3. The summed E-state index contributed by atoms with van der Waals surface area (Å²) in [4.78, 5) is 88.2. The largest absolute Gasteiger partial charge is 0.481 e. The van der Waals surface area contributed by atoms with E-state index in [2.05, 4.69) is 21.3 Å². The highest BCUT2D eigenvalue weighted by Gasteiger charge is 2.38. The van der Waals surface area contributed by atoms with Crippen molar-refractivity contribution in [3.05, 3.63) is 33.9 Å². The number of carbonyl (C=O) groups excluding carboxylic acids is 5. The van der Waals surface area contributed by atoms with Crippen LogP contribution in [0.25, 0.3) is 0 Å². The molecule has 3 atom stereocenters. The Morgan fingerprint density at radius 3 is 2.29 bits per heavy atom. The minimum absolute atomic E-state index is 0.0347. The maximum atomic E-state index is 13.5. The van der Waals surface area contributed by atoms with Crippen LogP contribution in [0.1, 0.15) is 88.9 Å². The van der Waals surface area contributed by atoms with E-state index >= 15 is 0 Å². The molecule has 15 heteroatoms. The van der Waals surface area contributed by atoms with E-state index in [0.29, 0.717) is 12.8 Å². The van der Waals surface area contributed by atoms with Crippen molar-refractivity contribution in [2.45, 2.75) is 103 Å². The molecule has 1 aromatic rings. The van der Waals surface area contributed by atoms with Gasteiger partial charge in [-0.2, -0.15) is 0 Å². The van der Waals surface area contributed by atoms with Gasteiger partial charge in [-0.05, 0) is 50.2 Å². The van der Waals surface area contributed by atoms with Crippen LogP contribution in [-0.2, 0) is 24.0 Å². The van der Waals surface area contributed by atoms with Crippen molar-refractivity contribution >= 4 is 46.9 Å². The molecular formula is C30H42N6O9. The molecule has 1 saturated heterocycles. The van der Waals surface area contributed by atoms with Crippen LogP contribution in [-0.4, -0.2) is 81.1 Å². The van der Waals surface area contributed by atoms with Gasteiger partial charge in [-0.25, -0.2) is 0 Å². The first-order valence-corrected chi connectivity index (χ1v) is 15.3. The lowest BCUT2D eigenvalue weighted by Gasteiger charge is -2.30. The van der Waals surface area contributed by atoms with Crippen molar-refractivity contribution < 1.29 is 38.8 Å². The first-order chi connectivity index (χ1) is 21.3. The number of carbonyl (C=O) groups is 6. The third kappa shape index (κ3) is 9.71. The molecule has 15 nitrogen and oxygen atoms in total. The number of aliphatic carboxylic acids is 1. The quantitative estimate of drug-likeness (QED) is 0.159. The Hall–Kier alpha value is -4.56. The van der Waals surface area contributed by atoms with Gasteiger partial charge in [0.1, 0.15) is 23.8 Å². The van der Waals surface area contributed by atoms with E-state index in [-0.39, 0.29) is 36.7 Å². The summed E-state index contributed by atoms with van der Waals surface area (Å²) in [6.07, 6.45) is 4.97. The van der Waals surface area contributed by atoms with Crippen molar-refractivity contribution in [2.24, 2.45) is 5.92 Å². The summed E-state index contributed by atoms with van der Waals surface area (Å²) in [6.45, 7) is 4.81. The number of nitro groups is 1. The van der Waals surface area contributed by atoms with E-state index in [4.69, 9.17) is 0 Å². The molecule has 2 aliphatic rings. The van der Waals surface area contributed by atoms with Crippen molar-refractivity contribution in [3.8, 4) is 0 Å². The molecule has 0 aromatic heterocycles. The van der Waals surface area contributed by atoms with E-state index < -0.39 is 70.2 Å². The predicted molar refractivity (Wildman–Crippen MR) is 162 cm³/mol. The number of rotatable bonds is 13. The maximum absolute atomic E-state index is 13.5. The fraction of sp³-hybridized carbons (Fsp3) is 0.600. The van der Waals surface area contributed by atoms with Gasteiger partial charge < -0.3 is 31.3 Å². The van der Waals surface area contributed by atoms with Crippen LogP contribution in [0.4, 0.5) is 11.4 Å². The fourth-order valence-corrected chi connectivity index (χ4v) is 5.70. The highest BCUT2D eigenvalue weighted by atomic mass is 16.6. The molecule has 1 aliphatic heterocycles. The number of nitro benzene ring substituents is 1. The van der Waals surface area contributed by atoms with E-state index in [1.807, 2.05) is 0 Å². The monoisotopic (exact) mass is 630 g/mol. The number of likely N-dealkylation sites (tertiary alicyclic amines) is 1. The molecule has 5 N–H and O–H groups in total. The Labute approximate surface area is 261 Å². The highest BCUT2D eigenvalue weighted by Crippen LogP contribution is 2.28. The van der Waals surface area contributed by atoms with Crippen molar-refractivity contribution in [1.82, 2.24) is 20.9 Å². The fourth-order valence-electron chi connectivity index (χ4n) is 5.70. The van der Waals surface area contributed by atoms with Gasteiger partial charge in [0.25, 0.3) is 11.6 Å². The van der Waals surface area contributed by atoms with E-state index in [1.165, 1.54) is 24.0 Å². The van der Waals surface area contributed by atoms with Crippen LogP contribution >= 0.6 is 0 Å². The predicted octanol–water partition coefficient (Wildman–Crippen LogP) is 2.10. The molecule has 0 radical (unpaired) electrons. The van der Waals surface area contributed by atoms with Gasteiger partial charge in [0.15, 0.2) is 0 Å². The van der Waals surface area contributed by atoms with Crippen LogP contribution in [0.2, 0.25) is 0 Å². The van der Waals surface area contributed by atoms with Gasteiger partial charge in [-0.1, -0.05) is 33.1 Å². The normalized spacial score (nSPS) is 18.0. The zero-order chi connectivity index (χ0) is 33.3. The van der Waals surface area contributed by atoms with Crippen LogP contribution in [0.5, 0.6) is 0 Å². The molecule has 0 spiro atoms. The molecule has 5 amide bonds. The topological polar surface area (TPSA) is 217 Å². The Balaban J connectivity index is 1.73. The maximum Gasteiger partial charge on any atom is 0.303 e. The number of nitrogens with one attached hydrogen (secondary N) is 4. The third-order valence-electron chi connectivity index (χ3n) is 8.05. The number of anilines is 1. The minimum Gasteiger partial charge on any atom is -0.481 e. The summed E-state index contributed by atoms with van der Waals surface area (Å²) in [6, 6.07) is 0.353. The second-order valence-corrected chi connectivity index (χ2v) is 11.9. The summed E-state index contributed by atoms with van der Waals surface area (Å²) in [5.41, 5.74) is -0.509. The smallest absolute Gasteiger partial charge is 0.303 e. The molecule has 0 unspecified atom stereocenters. The van der Waals surface area contributed by atoms with Crippen LogP contribution < -0.4 is 21.3 Å². The lowest BCUT2D eigenvalue weighted by molar-refractivity contribution is -0.383. The molecule has 0 bridgehead atoms. The molecule has 246 valence electrons. The second kappa shape index (κ2) is 16.0. The summed E-state index contributed by atoms with van der Waals surface area (Å²) in [5, 5.41) is 31.2. The molecule has 2 fully saturated rings. The zero-order valence-electron chi connectivity index (χ0n) is 25.8. The van der Waals surface area contributed by atoms with Crippen LogP contribution in [0.15, 0.2) is 18.2 Å². The van der Waals surface area contributed by atoms with Gasteiger partial charge in [0.05, 0.1) is 4.92 Å². The number of benzene rings is 1. The number of carboxylic acid groups (broad SMARTS) is 1. The van der Waals surface area contributed by atoms with Gasteiger partial charge in [0.2, 0.25) is 23.6 Å². The number of amides is 5. The van der Waals surface area contributed by atoms with E-state index in [0.717, 1.165) is 38.2 Å². The van der Waals surface area contributed by atoms with Crippen LogP contribution in [0, 0.1) is 16.0 Å². The standard InChI is InChI=1S/C30H42N6O9/c1-17(2)26(29(42)33-21(12-14-25(38)39)27(40)32-20-8-5-4-6-9-20)34-28(41)24-10-7-15-35(24)30(43)19-11-13-23(36(44)45)22(16-19)31-18(3)37/h11,13,16-17,20-21,24,26H,4-10,12,14-15H2,1-3H3,(H,31,37)(H,32,40)(H,33,42)(H,34,41)(H,38,39)/t21-,24-,26+/m0/s1. The highest BCUT2D eigenvalue weighted by molar-refractivity contribution is 6.01. The lowest BCUT2D eigenvalue weighted by Crippen LogP contribution is -2.58. The summed E-state index contributed by atoms with van der Waals surface area (Å²) >= 11 is 0. The lowest BCUT2D eigenvalue weighted by atomic mass is 9.95. The van der Waals surface area contributed by atoms with Crippen molar-refractivity contribution in [1.29, 1.82) is 0 Å². The SMILES string of the molecule is CC(=O)Nc1cc(C(=O)N2CCC[C@H]2C(=O)N[C@@H](C(=O)N[C@@H](CCC(=O)O)C(=O)NC2CCCCC2)C(C)C)ccc1[N+](=O)[O-]. The molecule has 45 heavy (non-hydrogen) atoms. The van der Waals surface area contributed by atoms with Gasteiger partial charge in [-0.3, -0.25) is 38.9 Å². The average molecular weight is 631 g/mol. The van der Waals surface area contributed by atoms with Crippen molar-refractivity contribution in [3.63, 3.8) is 0 Å². The minimum atomic E-state index is -1.11. The summed E-state index contributed by atoms with van der Waals surface area (Å²) in [5.74, 6) is -4.39. The Kier molecular flexibility index (Phi) is 12.4. The van der Waals surface area contributed by atoms with Gasteiger partial charge in [-0.15, -0.1) is 0 Å². The molecule has 1 saturated carbocycles. The Bertz CT molecular complexity index is 1310. The number of hydrogen-bond donors (Lipinski definition) is 5. The summed E-state index contributed by atoms with van der Waals surface area (Å²) in [7, 11) is 0. The average Bonchev–Trinajstić information content (AvgIpc) is 3.47. The van der Waals surface area contributed by atoms with Crippen molar-refractivity contribution in [2.75, 3.05) is 11.9 Å². The molecular weight excluding hydrogens is 588 g/mol. The zero-order valence-corrected chi connectivity index (χ0v) is 25.8. The first kappa shape index (κ1) is 34.9. The third-order valence-corrected chi connectivity index (χ3v) is 8.05. The molecule has 1 heterocycles. The number of hydrogen-bond acceptors (Lipinski definition) is 8. The number of carboxylic acids is 1. The Morgan fingerprint density at radius 2 is 1.69 bits per heavy atom. The van der Waals surface area contributed by atoms with E-state index in [1.54, 1.807) is 13.8 Å². The summed E-state index contributed by atoms with van der Waals surface area (Å²) < 4.78 is 0. The number of nitrogens with zero attached hydrogens (tertiary/aromatic N) is 2. The second-order valence-electron chi connectivity index (χ2n) is 11.9. The molecule has 1 aliphatic carbocycles. The Morgan fingerprint density at radius 1 is 1.00 bits per heavy atom. The van der Waals surface area contributed by atoms with E-state index in [9.17, 15) is 44.0 Å². The van der Waals surface area contributed by atoms with Gasteiger partial charge >= 0.3 is 5.97 Å². The van der Waals surface area contributed by atoms with Crippen LogP contribution in [0.3, 0.4) is 0 Å². The molecule has 1 aromatic carbocycles.